The third-order valence-electron chi connectivity index (χ3n) is 3.66. The molecule has 0 spiro atoms. The molecule has 0 bridgehead atoms. The van der Waals surface area contributed by atoms with E-state index >= 15 is 0 Å². The molecule has 0 fully saturated rings. The Morgan fingerprint density at radius 2 is 2.05 bits per heavy atom. The van der Waals surface area contributed by atoms with Gasteiger partial charge in [0.1, 0.15) is 23.3 Å². The van der Waals surface area contributed by atoms with Crippen LogP contribution in [0.5, 0.6) is 5.75 Å². The molecule has 0 aromatic rings. The molecular weight excluding hydrogens is 260 g/mol. The van der Waals surface area contributed by atoms with E-state index in [1.807, 2.05) is 13.8 Å². The molecule has 2 aliphatic rings. The van der Waals surface area contributed by atoms with Crippen molar-refractivity contribution in [2.75, 3.05) is 0 Å². The predicted octanol–water partition coefficient (Wildman–Crippen LogP) is 2.97. The average Bonchev–Trinajstić information content (AvgIpc) is 2.39. The Balaban J connectivity index is 2.82. The molecule has 1 atom stereocenters. The molecule has 20 heavy (non-hydrogen) atoms. The lowest BCUT2D eigenvalue weighted by Crippen LogP contribution is -2.15. The van der Waals surface area contributed by atoms with Gasteiger partial charge in [0.15, 0.2) is 5.43 Å². The van der Waals surface area contributed by atoms with Gasteiger partial charge < -0.3 is 14.6 Å². The Kier molecular flexibility index (Phi) is 3.53. The Bertz CT molecular complexity index is 698. The van der Waals surface area contributed by atoms with Gasteiger partial charge in [0.05, 0.1) is 5.56 Å². The Hall–Kier alpha value is -2.30. The van der Waals surface area contributed by atoms with Crippen molar-refractivity contribution >= 4 is 5.97 Å². The quantitative estimate of drug-likeness (QED) is 0.899. The van der Waals surface area contributed by atoms with Crippen LogP contribution in [0.1, 0.15) is 47.9 Å². The van der Waals surface area contributed by atoms with E-state index in [1.165, 1.54) is 12.3 Å². The van der Waals surface area contributed by atoms with Gasteiger partial charge in [0, 0.05) is 5.92 Å². The molecule has 106 valence electrons. The SMILES string of the molecule is CC[C@H](C)c1occ2c(O)c(C(=O)O)c(=O)cc-2c1C. The van der Waals surface area contributed by atoms with Gasteiger partial charge in [-0.1, -0.05) is 13.8 Å². The maximum atomic E-state index is 11.8. The molecule has 0 unspecified atom stereocenters. The predicted molar refractivity (Wildman–Crippen MR) is 73.7 cm³/mol. The minimum absolute atomic E-state index is 0.177. The largest absolute Gasteiger partial charge is 0.506 e. The highest BCUT2D eigenvalue weighted by Gasteiger charge is 2.24. The first-order valence-electron chi connectivity index (χ1n) is 6.39. The van der Waals surface area contributed by atoms with Crippen LogP contribution in [0.25, 0.3) is 11.1 Å². The van der Waals surface area contributed by atoms with Crippen LogP contribution in [0.15, 0.2) is 21.5 Å². The molecule has 2 N–H and O–H groups in total. The van der Waals surface area contributed by atoms with Gasteiger partial charge in [-0.2, -0.15) is 0 Å². The van der Waals surface area contributed by atoms with E-state index in [-0.39, 0.29) is 11.5 Å². The fourth-order valence-corrected chi connectivity index (χ4v) is 2.31. The molecule has 1 aliphatic carbocycles. The molecule has 1 aliphatic heterocycles. The second-order valence-corrected chi connectivity index (χ2v) is 4.90. The molecular formula is C15H16O5. The minimum Gasteiger partial charge on any atom is -0.506 e. The summed E-state index contributed by atoms with van der Waals surface area (Å²) in [5.74, 6) is -1.07. The van der Waals surface area contributed by atoms with Crippen LogP contribution < -0.4 is 5.43 Å². The minimum atomic E-state index is -1.45. The summed E-state index contributed by atoms with van der Waals surface area (Å²) in [4.78, 5) is 22.8. The summed E-state index contributed by atoms with van der Waals surface area (Å²) in [6.45, 7) is 5.82. The Morgan fingerprint density at radius 1 is 1.40 bits per heavy atom. The van der Waals surface area contributed by atoms with Crippen molar-refractivity contribution < 1.29 is 19.4 Å². The van der Waals surface area contributed by atoms with Crippen LogP contribution in [0, 0.1) is 6.92 Å². The lowest BCUT2D eigenvalue weighted by atomic mass is 9.92. The van der Waals surface area contributed by atoms with E-state index in [0.29, 0.717) is 5.56 Å². The van der Waals surface area contributed by atoms with Gasteiger partial charge >= 0.3 is 5.97 Å². The first-order chi connectivity index (χ1) is 9.38. The number of aromatic hydroxyl groups is 1. The van der Waals surface area contributed by atoms with E-state index in [4.69, 9.17) is 9.52 Å². The van der Waals surface area contributed by atoms with Crippen LogP contribution in [0.2, 0.25) is 0 Å². The number of hydrogen-bond acceptors (Lipinski definition) is 4. The third-order valence-corrected chi connectivity index (χ3v) is 3.66. The molecule has 2 rings (SSSR count). The summed E-state index contributed by atoms with van der Waals surface area (Å²) >= 11 is 0. The van der Waals surface area contributed by atoms with Gasteiger partial charge in [0.25, 0.3) is 0 Å². The van der Waals surface area contributed by atoms with Crippen molar-refractivity contribution in [3.05, 3.63) is 39.4 Å². The summed E-state index contributed by atoms with van der Waals surface area (Å²) in [6.07, 6.45) is 2.18. The van der Waals surface area contributed by atoms with Gasteiger partial charge in [-0.15, -0.1) is 0 Å². The van der Waals surface area contributed by atoms with Crippen molar-refractivity contribution in [1.82, 2.24) is 0 Å². The average molecular weight is 276 g/mol. The number of hydrogen-bond donors (Lipinski definition) is 2. The monoisotopic (exact) mass is 276 g/mol. The van der Waals surface area contributed by atoms with E-state index < -0.39 is 22.7 Å². The first-order valence-corrected chi connectivity index (χ1v) is 6.39. The third kappa shape index (κ3) is 2.05. The zero-order valence-corrected chi connectivity index (χ0v) is 11.6. The van der Waals surface area contributed by atoms with Crippen LogP contribution in [-0.4, -0.2) is 16.2 Å². The highest BCUT2D eigenvalue weighted by Crippen LogP contribution is 2.38. The number of fused-ring (bicyclic) bond motifs is 1. The fourth-order valence-electron chi connectivity index (χ4n) is 2.31. The number of phenols is 1. The highest BCUT2D eigenvalue weighted by molar-refractivity contribution is 5.95. The standard InChI is InChI=1S/C15H16O5/c1-4-7(2)14-8(3)9-5-11(16)12(15(18)19)13(17)10(9)6-20-14/h5-7,17H,4H2,1-3H3,(H,18,19)/t7-/m0/s1. The normalized spacial score (nSPS) is 12.6. The van der Waals surface area contributed by atoms with E-state index in [2.05, 4.69) is 0 Å². The van der Waals surface area contributed by atoms with Crippen molar-refractivity contribution in [3.63, 3.8) is 0 Å². The van der Waals surface area contributed by atoms with E-state index in [1.54, 1.807) is 6.92 Å². The molecule has 0 aromatic heterocycles. The summed E-state index contributed by atoms with van der Waals surface area (Å²) < 4.78 is 5.52. The van der Waals surface area contributed by atoms with Crippen LogP contribution >= 0.6 is 0 Å². The van der Waals surface area contributed by atoms with Crippen LogP contribution in [0.4, 0.5) is 0 Å². The fraction of sp³-hybridized carbons (Fsp3) is 0.333. The molecule has 0 radical (unpaired) electrons. The number of carboxylic acid groups (broad SMARTS) is 1. The molecule has 0 aromatic carbocycles. The van der Waals surface area contributed by atoms with E-state index in [0.717, 1.165) is 17.7 Å². The summed E-state index contributed by atoms with van der Waals surface area (Å²) in [7, 11) is 0. The first kappa shape index (κ1) is 14.1. The van der Waals surface area contributed by atoms with Crippen molar-refractivity contribution in [3.8, 4) is 16.9 Å². The zero-order chi connectivity index (χ0) is 15.0. The number of aromatic carboxylic acids is 1. The van der Waals surface area contributed by atoms with Crippen molar-refractivity contribution in [1.29, 1.82) is 0 Å². The molecule has 5 nitrogen and oxygen atoms in total. The number of rotatable bonds is 3. The summed E-state index contributed by atoms with van der Waals surface area (Å²) in [6, 6.07) is 1.25. The lowest BCUT2D eigenvalue weighted by molar-refractivity contribution is 0.0692. The Morgan fingerprint density at radius 3 is 2.60 bits per heavy atom. The van der Waals surface area contributed by atoms with Gasteiger partial charge in [-0.3, -0.25) is 4.79 Å². The maximum Gasteiger partial charge on any atom is 0.343 e. The molecule has 0 saturated carbocycles. The van der Waals surface area contributed by atoms with Crippen LogP contribution in [0.3, 0.4) is 0 Å². The van der Waals surface area contributed by atoms with Crippen molar-refractivity contribution in [2.24, 2.45) is 0 Å². The second-order valence-electron chi connectivity index (χ2n) is 4.90. The van der Waals surface area contributed by atoms with Crippen LogP contribution in [-0.2, 0) is 0 Å². The highest BCUT2D eigenvalue weighted by atomic mass is 16.4. The topological polar surface area (TPSA) is 87.7 Å². The smallest absolute Gasteiger partial charge is 0.343 e. The summed E-state index contributed by atoms with van der Waals surface area (Å²) in [5, 5.41) is 18.9. The lowest BCUT2D eigenvalue weighted by Gasteiger charge is -2.17. The molecule has 0 saturated heterocycles. The second kappa shape index (κ2) is 5.00. The molecule has 5 heteroatoms. The molecule has 0 amide bonds. The van der Waals surface area contributed by atoms with Crippen molar-refractivity contribution in [2.45, 2.75) is 33.1 Å². The van der Waals surface area contributed by atoms with E-state index in [9.17, 15) is 14.7 Å². The maximum absolute atomic E-state index is 11.8. The Labute approximate surface area is 115 Å². The van der Waals surface area contributed by atoms with Gasteiger partial charge in [0.2, 0.25) is 0 Å². The molecule has 1 heterocycles. The van der Waals surface area contributed by atoms with Gasteiger partial charge in [-0.05, 0) is 30.5 Å². The summed E-state index contributed by atoms with van der Waals surface area (Å²) in [5.41, 5.74) is 0.196. The number of carboxylic acids is 1. The zero-order valence-electron chi connectivity index (χ0n) is 11.6. The number of benzene rings is 1. The van der Waals surface area contributed by atoms with Gasteiger partial charge in [-0.25, -0.2) is 4.79 Å². The number of carbonyl (C=O) groups is 1.